The van der Waals surface area contributed by atoms with Crippen LogP contribution in [0.1, 0.15) is 35.1 Å². The largest absolute Gasteiger partial charge is 0.371 e. The molecule has 2 N–H and O–H groups in total. The lowest BCUT2D eigenvalue weighted by molar-refractivity contribution is -0.322. The lowest BCUT2D eigenvalue weighted by Gasteiger charge is -2.57. The monoisotopic (exact) mass is 393 g/mol. The minimum Gasteiger partial charge on any atom is -0.371 e. The first-order valence-electron chi connectivity index (χ1n) is 10.8. The summed E-state index contributed by atoms with van der Waals surface area (Å²) in [6, 6.07) is 13.9. The Morgan fingerprint density at radius 2 is 1.24 bits per heavy atom. The van der Waals surface area contributed by atoms with E-state index in [2.05, 4.69) is 17.0 Å². The maximum Gasteiger partial charge on any atom is 0.192 e. The normalized spacial score (nSPS) is 30.3. The van der Waals surface area contributed by atoms with Gasteiger partial charge < -0.3 is 15.1 Å². The van der Waals surface area contributed by atoms with E-state index in [0.29, 0.717) is 18.7 Å². The fourth-order valence-corrected chi connectivity index (χ4v) is 5.67. The standard InChI is InChI=1S/C24H31N3O2/c1-25-14-15-26(2)24(29,23(25,28)20-10-4-3-5-11-20)21-16-18-8-6-12-27-13-7-9-19(17-21)22(18)27/h3-5,10-11,16-17,28-29H,6-9,12-15H2,1-2H3/t23-,24-/m1/s1. The van der Waals surface area contributed by atoms with Crippen LogP contribution < -0.4 is 4.90 Å². The van der Waals surface area contributed by atoms with E-state index in [-0.39, 0.29) is 0 Å². The predicted octanol–water partition coefficient (Wildman–Crippen LogP) is 2.25. The second-order valence-corrected chi connectivity index (χ2v) is 8.89. The summed E-state index contributed by atoms with van der Waals surface area (Å²) >= 11 is 0. The molecule has 0 amide bonds. The van der Waals surface area contributed by atoms with Gasteiger partial charge in [-0.05, 0) is 63.0 Å². The summed E-state index contributed by atoms with van der Waals surface area (Å²) in [6.07, 6.45) is 4.36. The second kappa shape index (κ2) is 6.81. The second-order valence-electron chi connectivity index (χ2n) is 8.89. The number of aryl methyl sites for hydroxylation is 2. The SMILES string of the molecule is CN1CCN(C)[C@@](O)(c2cc3c4c(c2)CCCN4CCC3)[C@]1(O)c1ccccc1. The molecule has 5 nitrogen and oxygen atoms in total. The van der Waals surface area contributed by atoms with Gasteiger partial charge in [0.15, 0.2) is 11.4 Å². The molecule has 1 saturated heterocycles. The van der Waals surface area contributed by atoms with Gasteiger partial charge in [-0.2, -0.15) is 0 Å². The van der Waals surface area contributed by atoms with Crippen LogP contribution in [0, 0.1) is 0 Å². The molecular weight excluding hydrogens is 362 g/mol. The molecule has 0 unspecified atom stereocenters. The summed E-state index contributed by atoms with van der Waals surface area (Å²) in [5.74, 6) is 0. The molecule has 3 heterocycles. The third-order valence-corrected chi connectivity index (χ3v) is 7.27. The highest BCUT2D eigenvalue weighted by Gasteiger charge is 2.59. The van der Waals surface area contributed by atoms with Crippen molar-refractivity contribution in [3.8, 4) is 0 Å². The molecular formula is C24H31N3O2. The van der Waals surface area contributed by atoms with Crippen LogP contribution in [0.3, 0.4) is 0 Å². The molecule has 0 spiro atoms. The van der Waals surface area contributed by atoms with E-state index in [1.54, 1.807) is 0 Å². The quantitative estimate of drug-likeness (QED) is 0.820. The van der Waals surface area contributed by atoms with Crippen LogP contribution in [0.2, 0.25) is 0 Å². The van der Waals surface area contributed by atoms with Crippen LogP contribution in [0.15, 0.2) is 42.5 Å². The maximum atomic E-state index is 12.3. The minimum atomic E-state index is -1.54. The summed E-state index contributed by atoms with van der Waals surface area (Å²) in [6.45, 7) is 3.61. The fraction of sp³-hybridized carbons (Fsp3) is 0.500. The summed E-state index contributed by atoms with van der Waals surface area (Å²) in [7, 11) is 3.81. The third-order valence-electron chi connectivity index (χ3n) is 7.27. The minimum absolute atomic E-state index is 0.676. The maximum absolute atomic E-state index is 12.3. The summed E-state index contributed by atoms with van der Waals surface area (Å²) < 4.78 is 0. The first-order valence-corrected chi connectivity index (χ1v) is 10.8. The van der Waals surface area contributed by atoms with E-state index in [4.69, 9.17) is 0 Å². The highest BCUT2D eigenvalue weighted by molar-refractivity contribution is 5.64. The lowest BCUT2D eigenvalue weighted by atomic mass is 9.79. The molecule has 3 aliphatic rings. The van der Waals surface area contributed by atoms with E-state index >= 15 is 0 Å². The molecule has 5 rings (SSSR count). The van der Waals surface area contributed by atoms with Crippen LogP contribution in [-0.2, 0) is 24.3 Å². The molecule has 154 valence electrons. The van der Waals surface area contributed by atoms with E-state index in [0.717, 1.165) is 44.3 Å². The van der Waals surface area contributed by atoms with Gasteiger partial charge in [-0.1, -0.05) is 30.3 Å². The van der Waals surface area contributed by atoms with E-state index in [1.807, 2.05) is 54.2 Å². The topological polar surface area (TPSA) is 50.2 Å². The van der Waals surface area contributed by atoms with Gasteiger partial charge in [-0.25, -0.2) is 0 Å². The zero-order valence-electron chi connectivity index (χ0n) is 17.4. The molecule has 3 aliphatic heterocycles. The van der Waals surface area contributed by atoms with Crippen molar-refractivity contribution in [3.63, 3.8) is 0 Å². The number of piperazine rings is 1. The molecule has 2 atom stereocenters. The van der Waals surface area contributed by atoms with Crippen molar-refractivity contribution >= 4 is 5.69 Å². The number of hydrogen-bond donors (Lipinski definition) is 2. The number of benzene rings is 2. The summed E-state index contributed by atoms with van der Waals surface area (Å²) in [4.78, 5) is 6.31. The highest BCUT2D eigenvalue weighted by Crippen LogP contribution is 2.49. The Labute approximate surface area is 173 Å². The summed E-state index contributed by atoms with van der Waals surface area (Å²) in [5.41, 5.74) is 2.45. The molecule has 1 fully saturated rings. The van der Waals surface area contributed by atoms with Crippen molar-refractivity contribution in [2.75, 3.05) is 45.2 Å². The van der Waals surface area contributed by atoms with Gasteiger partial charge >= 0.3 is 0 Å². The number of likely N-dealkylation sites (N-methyl/N-ethyl adjacent to an activating group) is 2. The molecule has 2 aromatic carbocycles. The molecule has 0 saturated carbocycles. The summed E-state index contributed by atoms with van der Waals surface area (Å²) in [5, 5.41) is 24.4. The molecule has 2 aromatic rings. The predicted molar refractivity (Wildman–Crippen MR) is 115 cm³/mol. The van der Waals surface area contributed by atoms with Crippen LogP contribution in [0.4, 0.5) is 5.69 Å². The van der Waals surface area contributed by atoms with Gasteiger partial charge in [-0.3, -0.25) is 9.80 Å². The van der Waals surface area contributed by atoms with Crippen LogP contribution in [0.5, 0.6) is 0 Å². The van der Waals surface area contributed by atoms with Gasteiger partial charge in [0.1, 0.15) is 0 Å². The lowest BCUT2D eigenvalue weighted by Crippen LogP contribution is -2.70. The van der Waals surface area contributed by atoms with Crippen molar-refractivity contribution in [3.05, 3.63) is 64.7 Å². The number of hydrogen-bond acceptors (Lipinski definition) is 5. The van der Waals surface area contributed by atoms with Gasteiger partial charge in [0.2, 0.25) is 0 Å². The van der Waals surface area contributed by atoms with Crippen LogP contribution in [-0.4, -0.2) is 60.3 Å². The third kappa shape index (κ3) is 2.61. The van der Waals surface area contributed by atoms with Crippen molar-refractivity contribution in [2.24, 2.45) is 0 Å². The Kier molecular flexibility index (Phi) is 4.48. The molecule has 0 radical (unpaired) electrons. The smallest absolute Gasteiger partial charge is 0.192 e. The van der Waals surface area contributed by atoms with Crippen molar-refractivity contribution in [2.45, 2.75) is 37.1 Å². The number of anilines is 1. The molecule has 0 bridgehead atoms. The highest BCUT2D eigenvalue weighted by atomic mass is 16.4. The zero-order valence-corrected chi connectivity index (χ0v) is 17.4. The van der Waals surface area contributed by atoms with Gasteiger partial charge in [0.05, 0.1) is 0 Å². The zero-order chi connectivity index (χ0) is 20.2. The first-order chi connectivity index (χ1) is 14.0. The average Bonchev–Trinajstić information content (AvgIpc) is 2.76. The van der Waals surface area contributed by atoms with Crippen molar-refractivity contribution in [1.82, 2.24) is 9.80 Å². The molecule has 0 aromatic heterocycles. The number of nitrogens with zero attached hydrogens (tertiary/aromatic N) is 3. The van der Waals surface area contributed by atoms with E-state index < -0.39 is 11.4 Å². The first kappa shape index (κ1) is 19.1. The Morgan fingerprint density at radius 1 is 0.724 bits per heavy atom. The molecule has 0 aliphatic carbocycles. The van der Waals surface area contributed by atoms with E-state index in [1.165, 1.54) is 16.8 Å². The van der Waals surface area contributed by atoms with Crippen molar-refractivity contribution < 1.29 is 10.2 Å². The van der Waals surface area contributed by atoms with E-state index in [9.17, 15) is 10.2 Å². The van der Waals surface area contributed by atoms with Crippen LogP contribution >= 0.6 is 0 Å². The number of rotatable bonds is 2. The molecule has 29 heavy (non-hydrogen) atoms. The Bertz CT molecular complexity index is 887. The van der Waals surface area contributed by atoms with Gasteiger partial charge in [-0.15, -0.1) is 0 Å². The Balaban J connectivity index is 1.72. The van der Waals surface area contributed by atoms with Crippen LogP contribution in [0.25, 0.3) is 0 Å². The fourth-order valence-electron chi connectivity index (χ4n) is 5.67. The van der Waals surface area contributed by atoms with Gasteiger partial charge in [0.25, 0.3) is 0 Å². The average molecular weight is 394 g/mol. The number of aliphatic hydroxyl groups is 2. The Morgan fingerprint density at radius 3 is 1.79 bits per heavy atom. The van der Waals surface area contributed by atoms with Gasteiger partial charge in [0, 0.05) is 43.0 Å². The Hall–Kier alpha value is -1.92. The molecule has 5 heteroatoms. The van der Waals surface area contributed by atoms with Crippen molar-refractivity contribution in [1.29, 1.82) is 0 Å².